The van der Waals surface area contributed by atoms with Crippen LogP contribution in [0.15, 0.2) is 35.4 Å². The molecular formula is C18H20ClF2N5O2. The summed E-state index contributed by atoms with van der Waals surface area (Å²) in [5, 5.41) is 12.1. The van der Waals surface area contributed by atoms with Crippen LogP contribution in [0.1, 0.15) is 36.7 Å². The summed E-state index contributed by atoms with van der Waals surface area (Å²) in [5.74, 6) is 0.0711. The molecule has 3 heterocycles. The zero-order valence-electron chi connectivity index (χ0n) is 15.3. The average Bonchev–Trinajstić information content (AvgIpc) is 3.00. The van der Waals surface area contributed by atoms with E-state index in [0.29, 0.717) is 18.1 Å². The summed E-state index contributed by atoms with van der Waals surface area (Å²) >= 11 is 0. The minimum absolute atomic E-state index is 0. The number of rotatable bonds is 4. The molecule has 4 rings (SSSR count). The molecular weight excluding hydrogens is 392 g/mol. The van der Waals surface area contributed by atoms with E-state index < -0.39 is 6.61 Å². The van der Waals surface area contributed by atoms with Gasteiger partial charge in [-0.3, -0.25) is 4.79 Å². The van der Waals surface area contributed by atoms with Crippen molar-refractivity contribution in [2.24, 2.45) is 0 Å². The largest absolute Gasteiger partial charge is 0.435 e. The van der Waals surface area contributed by atoms with E-state index in [1.54, 1.807) is 12.1 Å². The third kappa shape index (κ3) is 3.59. The van der Waals surface area contributed by atoms with Gasteiger partial charge in [0.25, 0.3) is 5.56 Å². The van der Waals surface area contributed by atoms with Gasteiger partial charge in [0.1, 0.15) is 17.6 Å². The molecule has 1 aromatic carbocycles. The van der Waals surface area contributed by atoms with Crippen molar-refractivity contribution < 1.29 is 13.5 Å². The third-order valence-electron chi connectivity index (χ3n) is 4.87. The van der Waals surface area contributed by atoms with Crippen LogP contribution in [0.3, 0.4) is 0 Å². The molecule has 1 unspecified atom stereocenters. The van der Waals surface area contributed by atoms with E-state index in [1.165, 1.54) is 27.7 Å². The number of hydrogen-bond donors (Lipinski definition) is 1. The number of hydrogen-bond acceptors (Lipinski definition) is 5. The Hall–Kier alpha value is -2.52. The van der Waals surface area contributed by atoms with E-state index in [9.17, 15) is 13.6 Å². The van der Waals surface area contributed by atoms with E-state index in [2.05, 4.69) is 27.2 Å². The molecule has 2 atom stereocenters. The topological polar surface area (TPSA) is 73.5 Å². The summed E-state index contributed by atoms with van der Waals surface area (Å²) < 4.78 is 31.9. The van der Waals surface area contributed by atoms with Crippen LogP contribution in [-0.4, -0.2) is 32.0 Å². The Morgan fingerprint density at radius 3 is 2.68 bits per heavy atom. The first-order valence-corrected chi connectivity index (χ1v) is 8.70. The number of nitrogens with zero attached hydrogens (tertiary/aromatic N) is 4. The average molecular weight is 412 g/mol. The van der Waals surface area contributed by atoms with Crippen LogP contribution >= 0.6 is 12.4 Å². The van der Waals surface area contributed by atoms with E-state index in [0.717, 1.165) is 23.2 Å². The van der Waals surface area contributed by atoms with Gasteiger partial charge in [0.15, 0.2) is 0 Å². The van der Waals surface area contributed by atoms with Gasteiger partial charge in [0, 0.05) is 24.6 Å². The van der Waals surface area contributed by atoms with Gasteiger partial charge in [0.2, 0.25) is 0 Å². The van der Waals surface area contributed by atoms with Crippen molar-refractivity contribution in [1.29, 1.82) is 0 Å². The highest BCUT2D eigenvalue weighted by molar-refractivity contribution is 5.85. The second-order valence-corrected chi connectivity index (χ2v) is 6.71. The number of benzene rings is 1. The maximum atomic E-state index is 13.1. The van der Waals surface area contributed by atoms with Gasteiger partial charge in [-0.15, -0.1) is 12.4 Å². The van der Waals surface area contributed by atoms with Crippen LogP contribution in [0, 0.1) is 0 Å². The molecule has 7 nitrogen and oxygen atoms in total. The van der Waals surface area contributed by atoms with Crippen molar-refractivity contribution >= 4 is 17.9 Å². The number of nitrogens with one attached hydrogen (secondary N) is 1. The maximum absolute atomic E-state index is 13.1. The summed E-state index contributed by atoms with van der Waals surface area (Å²) in [4.78, 5) is 13.1. The maximum Gasteiger partial charge on any atom is 0.387 e. The first kappa shape index (κ1) is 20.2. The van der Waals surface area contributed by atoms with Crippen molar-refractivity contribution in [2.45, 2.75) is 45.5 Å². The van der Waals surface area contributed by atoms with Gasteiger partial charge in [-0.05, 0) is 31.5 Å². The lowest BCUT2D eigenvalue weighted by atomic mass is 10.0. The highest BCUT2D eigenvalue weighted by atomic mass is 35.5. The van der Waals surface area contributed by atoms with Crippen LogP contribution in [0.4, 0.5) is 8.78 Å². The lowest BCUT2D eigenvalue weighted by Crippen LogP contribution is -2.33. The van der Waals surface area contributed by atoms with Crippen LogP contribution in [0.5, 0.6) is 5.75 Å². The number of fused-ring (bicyclic) bond motifs is 3. The van der Waals surface area contributed by atoms with Gasteiger partial charge >= 0.3 is 6.61 Å². The Bertz CT molecular complexity index is 1030. The molecule has 28 heavy (non-hydrogen) atoms. The Balaban J connectivity index is 0.00000225. The smallest absolute Gasteiger partial charge is 0.387 e. The molecule has 0 aliphatic carbocycles. The lowest BCUT2D eigenvalue weighted by molar-refractivity contribution is -0.0498. The minimum atomic E-state index is -2.87. The minimum Gasteiger partial charge on any atom is -0.435 e. The van der Waals surface area contributed by atoms with Crippen LogP contribution in [0.25, 0.3) is 5.52 Å². The van der Waals surface area contributed by atoms with Gasteiger partial charge in [0.05, 0.1) is 11.7 Å². The summed E-state index contributed by atoms with van der Waals surface area (Å²) in [6.45, 7) is 1.63. The molecule has 0 saturated carbocycles. The highest BCUT2D eigenvalue weighted by Gasteiger charge is 2.24. The first-order valence-electron chi connectivity index (χ1n) is 8.70. The highest BCUT2D eigenvalue weighted by Crippen LogP contribution is 2.22. The predicted molar refractivity (Wildman–Crippen MR) is 101 cm³/mol. The number of alkyl halides is 2. The molecule has 10 heteroatoms. The molecule has 3 aromatic rings. The SMILES string of the molecule is CC(c1ccc(OC(F)F)cc1)n1ncn2nc3c(c2c1=O)CN[C@H](C)C3.Cl. The molecule has 0 fully saturated rings. The molecule has 0 saturated heterocycles. The normalized spacial score (nSPS) is 17.2. The van der Waals surface area contributed by atoms with Crippen molar-refractivity contribution in [3.8, 4) is 5.75 Å². The van der Waals surface area contributed by atoms with E-state index in [4.69, 9.17) is 0 Å². The van der Waals surface area contributed by atoms with Crippen LogP contribution in [-0.2, 0) is 13.0 Å². The van der Waals surface area contributed by atoms with E-state index >= 15 is 0 Å². The number of aromatic nitrogens is 4. The number of halogens is 3. The van der Waals surface area contributed by atoms with Crippen molar-refractivity contribution in [3.05, 3.63) is 57.8 Å². The standard InChI is InChI=1S/C18H19F2N5O2.ClH/c1-10-7-15-14(8-21-10)16-17(26)25(22-9-24(16)23-15)11(2)12-3-5-13(6-4-12)27-18(19)20;/h3-6,9-11,18,21H,7-8H2,1-2H3;1H/t10-,11?;/m1./s1. The fraction of sp³-hybridized carbons (Fsp3) is 0.389. The van der Waals surface area contributed by atoms with E-state index in [-0.39, 0.29) is 29.8 Å². The number of ether oxygens (including phenoxy) is 1. The van der Waals surface area contributed by atoms with Gasteiger partial charge in [-0.1, -0.05) is 12.1 Å². The van der Waals surface area contributed by atoms with Gasteiger partial charge in [-0.25, -0.2) is 9.20 Å². The summed E-state index contributed by atoms with van der Waals surface area (Å²) in [5.41, 5.74) is 2.86. The molecule has 0 amide bonds. The molecule has 0 radical (unpaired) electrons. The second kappa shape index (κ2) is 7.84. The Morgan fingerprint density at radius 2 is 2.00 bits per heavy atom. The van der Waals surface area contributed by atoms with Crippen molar-refractivity contribution in [3.63, 3.8) is 0 Å². The molecule has 1 aliphatic rings. The molecule has 1 N–H and O–H groups in total. The predicted octanol–water partition coefficient (Wildman–Crippen LogP) is 2.56. The second-order valence-electron chi connectivity index (χ2n) is 6.71. The zero-order valence-corrected chi connectivity index (χ0v) is 16.1. The molecule has 0 bridgehead atoms. The van der Waals surface area contributed by atoms with Crippen LogP contribution < -0.4 is 15.6 Å². The monoisotopic (exact) mass is 411 g/mol. The molecule has 2 aromatic heterocycles. The third-order valence-corrected chi connectivity index (χ3v) is 4.87. The first-order chi connectivity index (χ1) is 12.9. The fourth-order valence-corrected chi connectivity index (χ4v) is 3.42. The molecule has 0 spiro atoms. The summed E-state index contributed by atoms with van der Waals surface area (Å²) in [6, 6.07) is 6.14. The van der Waals surface area contributed by atoms with Gasteiger partial charge in [-0.2, -0.15) is 19.0 Å². The van der Waals surface area contributed by atoms with E-state index in [1.807, 2.05) is 6.92 Å². The lowest BCUT2D eigenvalue weighted by Gasteiger charge is -2.19. The van der Waals surface area contributed by atoms with Crippen molar-refractivity contribution in [1.82, 2.24) is 24.7 Å². The summed E-state index contributed by atoms with van der Waals surface area (Å²) in [7, 11) is 0. The summed E-state index contributed by atoms with van der Waals surface area (Å²) in [6.07, 6.45) is 2.29. The zero-order chi connectivity index (χ0) is 19.1. The Morgan fingerprint density at radius 1 is 1.29 bits per heavy atom. The quantitative estimate of drug-likeness (QED) is 0.714. The van der Waals surface area contributed by atoms with Crippen LogP contribution in [0.2, 0.25) is 0 Å². The fourth-order valence-electron chi connectivity index (χ4n) is 3.42. The Labute approximate surface area is 165 Å². The van der Waals surface area contributed by atoms with Crippen molar-refractivity contribution in [2.75, 3.05) is 0 Å². The Kier molecular flexibility index (Phi) is 5.66. The van der Waals surface area contributed by atoms with Gasteiger partial charge < -0.3 is 10.1 Å². The molecule has 150 valence electrons. The molecule has 1 aliphatic heterocycles.